The number of hydrogen-bond acceptors (Lipinski definition) is 4. The summed E-state index contributed by atoms with van der Waals surface area (Å²) in [4.78, 5) is 23.0. The van der Waals surface area contributed by atoms with Crippen LogP contribution in [0.15, 0.2) is 12.1 Å². The van der Waals surface area contributed by atoms with E-state index < -0.39 is 10.9 Å². The van der Waals surface area contributed by atoms with Crippen molar-refractivity contribution in [1.29, 1.82) is 0 Å². The Balaban J connectivity index is 2.25. The van der Waals surface area contributed by atoms with E-state index in [1.54, 1.807) is 0 Å². The van der Waals surface area contributed by atoms with Crippen molar-refractivity contribution in [3.8, 4) is 0 Å². The number of benzene rings is 1. The average Bonchev–Trinajstić information content (AvgIpc) is 2.37. The number of nitrogens with zero attached hydrogens (tertiary/aromatic N) is 2. The van der Waals surface area contributed by atoms with Crippen LogP contribution in [0, 0.1) is 16.0 Å². The van der Waals surface area contributed by atoms with Crippen LogP contribution in [0.1, 0.15) is 19.3 Å². The van der Waals surface area contributed by atoms with Gasteiger partial charge in [-0.05, 0) is 18.8 Å². The van der Waals surface area contributed by atoms with E-state index in [9.17, 15) is 14.9 Å². The van der Waals surface area contributed by atoms with Crippen LogP contribution in [-0.2, 0) is 4.79 Å². The maximum absolute atomic E-state index is 10.8. The normalized spacial score (nSPS) is 18.6. The van der Waals surface area contributed by atoms with Crippen molar-refractivity contribution in [1.82, 2.24) is 0 Å². The van der Waals surface area contributed by atoms with Gasteiger partial charge in [0.15, 0.2) is 0 Å². The number of nitro benzene ring substituents is 1. The number of carboxylic acids is 1. The third kappa shape index (κ3) is 3.77. The SMILES string of the molecule is O=C(O)CC1CCCN(c2c(Cl)cc([N+](=O)[O-])cc2Cl)C1. The van der Waals surface area contributed by atoms with Crippen LogP contribution >= 0.6 is 23.2 Å². The molecule has 114 valence electrons. The number of halogens is 2. The first-order valence-electron chi connectivity index (χ1n) is 6.48. The summed E-state index contributed by atoms with van der Waals surface area (Å²) in [5.41, 5.74) is 0.381. The van der Waals surface area contributed by atoms with Gasteiger partial charge < -0.3 is 10.0 Å². The Morgan fingerprint density at radius 1 is 1.43 bits per heavy atom. The Labute approximate surface area is 131 Å². The molecule has 1 N–H and O–H groups in total. The Morgan fingerprint density at radius 2 is 2.05 bits per heavy atom. The van der Waals surface area contributed by atoms with Gasteiger partial charge in [-0.25, -0.2) is 0 Å². The molecule has 1 aromatic carbocycles. The van der Waals surface area contributed by atoms with E-state index in [-0.39, 0.29) is 28.1 Å². The molecule has 1 aliphatic rings. The molecule has 0 saturated carbocycles. The van der Waals surface area contributed by atoms with Crippen LogP contribution in [-0.4, -0.2) is 29.1 Å². The lowest BCUT2D eigenvalue weighted by atomic mass is 9.94. The molecular formula is C13H14Cl2N2O4. The zero-order chi connectivity index (χ0) is 15.6. The molecular weight excluding hydrogens is 319 g/mol. The standard InChI is InChI=1S/C13H14Cl2N2O4/c14-10-5-9(17(20)21)6-11(15)13(10)16-3-1-2-8(7-16)4-12(18)19/h5-6,8H,1-4,7H2,(H,18,19). The van der Waals surface area contributed by atoms with E-state index in [0.717, 1.165) is 12.8 Å². The van der Waals surface area contributed by atoms with Gasteiger partial charge in [0.2, 0.25) is 0 Å². The van der Waals surface area contributed by atoms with Crippen molar-refractivity contribution < 1.29 is 14.8 Å². The summed E-state index contributed by atoms with van der Waals surface area (Å²) in [6.45, 7) is 1.23. The molecule has 0 radical (unpaired) electrons. The molecule has 1 saturated heterocycles. The van der Waals surface area contributed by atoms with E-state index >= 15 is 0 Å². The van der Waals surface area contributed by atoms with Crippen LogP contribution < -0.4 is 4.90 Å². The maximum atomic E-state index is 10.8. The Kier molecular flexibility index (Phi) is 4.90. The lowest BCUT2D eigenvalue weighted by molar-refractivity contribution is -0.384. The largest absolute Gasteiger partial charge is 0.481 e. The highest BCUT2D eigenvalue weighted by molar-refractivity contribution is 6.39. The van der Waals surface area contributed by atoms with Gasteiger partial charge in [-0.3, -0.25) is 14.9 Å². The third-order valence-electron chi connectivity index (χ3n) is 3.51. The summed E-state index contributed by atoms with van der Waals surface area (Å²) in [6.07, 6.45) is 1.77. The fraction of sp³-hybridized carbons (Fsp3) is 0.462. The van der Waals surface area contributed by atoms with Gasteiger partial charge >= 0.3 is 5.97 Å². The monoisotopic (exact) mass is 332 g/mol. The lowest BCUT2D eigenvalue weighted by Crippen LogP contribution is -2.36. The first kappa shape index (κ1) is 15.9. The van der Waals surface area contributed by atoms with Gasteiger partial charge in [0, 0.05) is 31.6 Å². The maximum Gasteiger partial charge on any atom is 0.303 e. The number of non-ortho nitro benzene ring substituents is 1. The average molecular weight is 333 g/mol. The molecule has 2 rings (SSSR count). The molecule has 0 bridgehead atoms. The molecule has 1 fully saturated rings. The molecule has 1 aliphatic heterocycles. The summed E-state index contributed by atoms with van der Waals surface area (Å²) >= 11 is 12.2. The van der Waals surface area contributed by atoms with Crippen molar-refractivity contribution in [2.45, 2.75) is 19.3 Å². The number of carboxylic acid groups (broad SMARTS) is 1. The summed E-state index contributed by atoms with van der Waals surface area (Å²) in [6, 6.07) is 2.53. The quantitative estimate of drug-likeness (QED) is 0.672. The number of piperidine rings is 1. The molecule has 8 heteroatoms. The molecule has 1 heterocycles. The molecule has 0 aromatic heterocycles. The second-order valence-electron chi connectivity index (χ2n) is 5.07. The second-order valence-corrected chi connectivity index (χ2v) is 5.88. The zero-order valence-electron chi connectivity index (χ0n) is 11.1. The highest BCUT2D eigenvalue weighted by atomic mass is 35.5. The predicted octanol–water partition coefficient (Wildman–Crippen LogP) is 3.59. The zero-order valence-corrected chi connectivity index (χ0v) is 12.6. The third-order valence-corrected chi connectivity index (χ3v) is 4.09. The predicted molar refractivity (Wildman–Crippen MR) is 80.3 cm³/mol. The van der Waals surface area contributed by atoms with Crippen LogP contribution in [0.25, 0.3) is 0 Å². The van der Waals surface area contributed by atoms with E-state index in [1.165, 1.54) is 12.1 Å². The number of anilines is 1. The van der Waals surface area contributed by atoms with Crippen molar-refractivity contribution in [2.24, 2.45) is 5.92 Å². The molecule has 0 spiro atoms. The molecule has 1 aromatic rings. The Morgan fingerprint density at radius 3 is 2.57 bits per heavy atom. The first-order chi connectivity index (χ1) is 9.88. The van der Waals surface area contributed by atoms with Crippen LogP contribution in [0.2, 0.25) is 10.0 Å². The van der Waals surface area contributed by atoms with Crippen molar-refractivity contribution in [3.05, 3.63) is 32.3 Å². The number of aliphatic carboxylic acids is 1. The fourth-order valence-corrected chi connectivity index (χ4v) is 3.36. The van der Waals surface area contributed by atoms with Gasteiger partial charge in [-0.15, -0.1) is 0 Å². The minimum absolute atomic E-state index is 0.0265. The summed E-state index contributed by atoms with van der Waals surface area (Å²) in [7, 11) is 0. The number of rotatable bonds is 4. The van der Waals surface area contributed by atoms with Gasteiger partial charge in [0.1, 0.15) is 0 Å². The minimum atomic E-state index is -0.831. The second kappa shape index (κ2) is 6.49. The highest BCUT2D eigenvalue weighted by Gasteiger charge is 2.26. The van der Waals surface area contributed by atoms with Crippen molar-refractivity contribution in [3.63, 3.8) is 0 Å². The lowest BCUT2D eigenvalue weighted by Gasteiger charge is -2.34. The van der Waals surface area contributed by atoms with E-state index in [4.69, 9.17) is 28.3 Å². The summed E-state index contributed by atoms with van der Waals surface area (Å²) < 4.78 is 0. The van der Waals surface area contributed by atoms with E-state index in [1.807, 2.05) is 4.90 Å². The molecule has 1 unspecified atom stereocenters. The van der Waals surface area contributed by atoms with Gasteiger partial charge in [0.05, 0.1) is 20.7 Å². The number of hydrogen-bond donors (Lipinski definition) is 1. The van der Waals surface area contributed by atoms with Gasteiger partial charge in [-0.1, -0.05) is 23.2 Å². The summed E-state index contributed by atoms with van der Waals surface area (Å²) in [5.74, 6) is -0.804. The van der Waals surface area contributed by atoms with Crippen molar-refractivity contribution >= 4 is 40.5 Å². The van der Waals surface area contributed by atoms with Gasteiger partial charge in [0.25, 0.3) is 5.69 Å². The fourth-order valence-electron chi connectivity index (χ4n) is 2.64. The Bertz CT molecular complexity index is 556. The van der Waals surface area contributed by atoms with Crippen molar-refractivity contribution in [2.75, 3.05) is 18.0 Å². The van der Waals surface area contributed by atoms with Crippen LogP contribution in [0.3, 0.4) is 0 Å². The van der Waals surface area contributed by atoms with E-state index in [2.05, 4.69) is 0 Å². The molecule has 21 heavy (non-hydrogen) atoms. The molecule has 1 atom stereocenters. The Hall–Kier alpha value is -1.53. The van der Waals surface area contributed by atoms with Crippen LogP contribution in [0.4, 0.5) is 11.4 Å². The topological polar surface area (TPSA) is 83.7 Å². The highest BCUT2D eigenvalue weighted by Crippen LogP contribution is 2.39. The number of carbonyl (C=O) groups is 1. The smallest absolute Gasteiger partial charge is 0.303 e. The van der Waals surface area contributed by atoms with Gasteiger partial charge in [-0.2, -0.15) is 0 Å². The molecule has 0 amide bonds. The minimum Gasteiger partial charge on any atom is -0.481 e. The molecule has 6 nitrogen and oxygen atoms in total. The van der Waals surface area contributed by atoms with E-state index in [0.29, 0.717) is 18.8 Å². The number of nitro groups is 1. The first-order valence-corrected chi connectivity index (χ1v) is 7.24. The van der Waals surface area contributed by atoms with Crippen LogP contribution in [0.5, 0.6) is 0 Å². The summed E-state index contributed by atoms with van der Waals surface area (Å²) in [5, 5.41) is 20.1. The molecule has 0 aliphatic carbocycles.